The molecule has 12 heavy (non-hydrogen) atoms. The minimum Gasteiger partial charge on any atom is -0.508 e. The van der Waals surface area contributed by atoms with Crippen LogP contribution in [0.4, 0.5) is 0 Å². The van der Waals surface area contributed by atoms with Gasteiger partial charge in [0.15, 0.2) is 5.78 Å². The number of benzene rings is 1. The number of phenolic OH excluding ortho intramolecular Hbond substituents is 1. The highest BCUT2D eigenvalue weighted by atomic mass is 16.3. The summed E-state index contributed by atoms with van der Waals surface area (Å²) in [7, 11) is 0. The molecule has 1 aliphatic carbocycles. The summed E-state index contributed by atoms with van der Waals surface area (Å²) in [5.74, 6) is 0.134. The Morgan fingerprint density at radius 1 is 1.42 bits per heavy atom. The second-order valence-corrected chi connectivity index (χ2v) is 2.81. The first-order chi connectivity index (χ1) is 5.79. The lowest BCUT2D eigenvalue weighted by molar-refractivity contribution is 0.102. The Kier molecular flexibility index (Phi) is 1.61. The van der Waals surface area contributed by atoms with E-state index in [2.05, 4.69) is 6.42 Å². The summed E-state index contributed by atoms with van der Waals surface area (Å²) in [4.78, 5) is 11.2. The molecule has 60 valence electrons. The van der Waals surface area contributed by atoms with Crippen LogP contribution < -0.4 is 0 Å². The number of carbonyl (C=O) groups is 1. The average Bonchev–Trinajstić information content (AvgIpc) is 2.07. The minimum atomic E-state index is -0.0906. The minimum absolute atomic E-state index is 0.0906. The molecule has 2 nitrogen and oxygen atoms in total. The van der Waals surface area contributed by atoms with Crippen molar-refractivity contribution in [2.45, 2.75) is 12.8 Å². The zero-order chi connectivity index (χ0) is 8.55. The zero-order valence-corrected chi connectivity index (χ0v) is 6.50. The van der Waals surface area contributed by atoms with Crippen molar-refractivity contribution in [1.29, 1.82) is 0 Å². The van der Waals surface area contributed by atoms with Gasteiger partial charge < -0.3 is 5.11 Å². The zero-order valence-electron chi connectivity index (χ0n) is 6.50. The van der Waals surface area contributed by atoms with Crippen molar-refractivity contribution in [2.75, 3.05) is 0 Å². The molecule has 0 amide bonds. The van der Waals surface area contributed by atoms with Gasteiger partial charge in [0.05, 0.1) is 6.42 Å². The molecule has 0 heterocycles. The number of hydrogen-bond donors (Lipinski definition) is 1. The van der Waals surface area contributed by atoms with Crippen LogP contribution in [0, 0.1) is 6.42 Å². The molecule has 1 aromatic rings. The van der Waals surface area contributed by atoms with E-state index in [1.54, 1.807) is 18.2 Å². The second kappa shape index (κ2) is 2.63. The molecule has 0 spiro atoms. The summed E-state index contributed by atoms with van der Waals surface area (Å²) >= 11 is 0. The van der Waals surface area contributed by atoms with E-state index < -0.39 is 0 Å². The van der Waals surface area contributed by atoms with E-state index >= 15 is 0 Å². The van der Waals surface area contributed by atoms with Crippen molar-refractivity contribution in [3.8, 4) is 5.75 Å². The Morgan fingerprint density at radius 3 is 3.00 bits per heavy atom. The Hall–Kier alpha value is -1.31. The van der Waals surface area contributed by atoms with Crippen molar-refractivity contribution in [1.82, 2.24) is 0 Å². The van der Waals surface area contributed by atoms with Gasteiger partial charge in [-0.25, -0.2) is 0 Å². The van der Waals surface area contributed by atoms with Gasteiger partial charge in [-0.3, -0.25) is 4.79 Å². The van der Waals surface area contributed by atoms with Crippen molar-refractivity contribution in [3.05, 3.63) is 35.7 Å². The predicted octanol–water partition coefficient (Wildman–Crippen LogP) is 1.60. The van der Waals surface area contributed by atoms with E-state index in [1.807, 2.05) is 0 Å². The number of fused-ring (bicyclic) bond motifs is 1. The van der Waals surface area contributed by atoms with E-state index in [1.165, 1.54) is 0 Å². The Bertz CT molecular complexity index is 329. The number of hydrogen-bond acceptors (Lipinski definition) is 2. The quantitative estimate of drug-likeness (QED) is 0.626. The van der Waals surface area contributed by atoms with Crippen LogP contribution >= 0.6 is 0 Å². The Labute approximate surface area is 70.8 Å². The largest absolute Gasteiger partial charge is 0.508 e. The summed E-state index contributed by atoms with van der Waals surface area (Å²) < 4.78 is 0. The molecule has 0 saturated carbocycles. The summed E-state index contributed by atoms with van der Waals surface area (Å²) in [6.45, 7) is 0. The summed E-state index contributed by atoms with van der Waals surface area (Å²) in [5.41, 5.74) is 1.36. The maximum absolute atomic E-state index is 11.2. The van der Waals surface area contributed by atoms with Gasteiger partial charge in [0.25, 0.3) is 0 Å². The van der Waals surface area contributed by atoms with Gasteiger partial charge in [-0.05, 0) is 18.9 Å². The molecule has 1 aliphatic rings. The lowest BCUT2D eigenvalue weighted by Crippen LogP contribution is -2.11. The van der Waals surface area contributed by atoms with Gasteiger partial charge in [-0.1, -0.05) is 12.1 Å². The first-order valence-electron chi connectivity index (χ1n) is 3.88. The predicted molar refractivity (Wildman–Crippen MR) is 44.0 cm³/mol. The van der Waals surface area contributed by atoms with E-state index in [-0.39, 0.29) is 11.5 Å². The van der Waals surface area contributed by atoms with Gasteiger partial charge in [0.1, 0.15) is 5.75 Å². The highest BCUT2D eigenvalue weighted by molar-refractivity contribution is 6.05. The van der Waals surface area contributed by atoms with Gasteiger partial charge in [-0.15, -0.1) is 0 Å². The second-order valence-electron chi connectivity index (χ2n) is 2.81. The number of phenols is 1. The van der Waals surface area contributed by atoms with E-state index in [0.29, 0.717) is 18.4 Å². The van der Waals surface area contributed by atoms with Crippen molar-refractivity contribution in [3.63, 3.8) is 0 Å². The van der Waals surface area contributed by atoms with Gasteiger partial charge in [0.2, 0.25) is 0 Å². The maximum Gasteiger partial charge on any atom is 0.171 e. The van der Waals surface area contributed by atoms with Crippen molar-refractivity contribution < 1.29 is 9.90 Å². The average molecular weight is 160 g/mol. The van der Waals surface area contributed by atoms with Gasteiger partial charge in [-0.2, -0.15) is 0 Å². The first-order valence-corrected chi connectivity index (χ1v) is 3.88. The van der Waals surface area contributed by atoms with Crippen LogP contribution in [0.2, 0.25) is 0 Å². The van der Waals surface area contributed by atoms with Crippen molar-refractivity contribution >= 4 is 5.78 Å². The molecule has 0 unspecified atom stereocenters. The first kappa shape index (κ1) is 7.35. The molecule has 0 bridgehead atoms. The number of ketones is 1. The normalized spacial score (nSPS) is 15.8. The van der Waals surface area contributed by atoms with E-state index in [4.69, 9.17) is 0 Å². The lowest BCUT2D eigenvalue weighted by atomic mass is 9.90. The Morgan fingerprint density at radius 2 is 2.25 bits per heavy atom. The van der Waals surface area contributed by atoms with Crippen LogP contribution in [0.3, 0.4) is 0 Å². The molecule has 0 aromatic heterocycles. The highest BCUT2D eigenvalue weighted by Crippen LogP contribution is 2.27. The lowest BCUT2D eigenvalue weighted by Gasteiger charge is -2.14. The summed E-state index contributed by atoms with van der Waals surface area (Å²) in [6.07, 6.45) is 4.05. The van der Waals surface area contributed by atoms with Crippen LogP contribution in [0.25, 0.3) is 0 Å². The molecule has 1 aromatic carbocycles. The number of Topliss-reactive ketones (excluding diaryl/α,β-unsaturated/α-hetero) is 1. The standard InChI is InChI=1S/C10H8O2/c11-9-5-1-3-7-8(9)4-2-6-10(7)12/h1,3,5,11H,2,4H2. The molecular weight excluding hydrogens is 152 g/mol. The monoisotopic (exact) mass is 160 g/mol. The number of aromatic hydroxyl groups is 1. The third-order valence-corrected chi connectivity index (χ3v) is 2.06. The Balaban J connectivity index is 2.59. The fraction of sp³-hybridized carbons (Fsp3) is 0.200. The third-order valence-electron chi connectivity index (χ3n) is 2.06. The number of rotatable bonds is 0. The molecule has 0 atom stereocenters. The molecule has 0 fully saturated rings. The molecular formula is C10H8O2. The number of carbonyl (C=O) groups excluding carboxylic acids is 1. The van der Waals surface area contributed by atoms with Crippen LogP contribution in [0.15, 0.2) is 18.2 Å². The van der Waals surface area contributed by atoms with Crippen LogP contribution in [-0.2, 0) is 6.42 Å². The molecule has 0 aliphatic heterocycles. The topological polar surface area (TPSA) is 37.3 Å². The van der Waals surface area contributed by atoms with Gasteiger partial charge >= 0.3 is 0 Å². The third kappa shape index (κ3) is 0.998. The van der Waals surface area contributed by atoms with E-state index in [0.717, 1.165) is 5.56 Å². The van der Waals surface area contributed by atoms with Crippen molar-refractivity contribution in [2.24, 2.45) is 0 Å². The summed E-state index contributed by atoms with van der Waals surface area (Å²) in [6, 6.07) is 5.01. The van der Waals surface area contributed by atoms with Crippen LogP contribution in [0.1, 0.15) is 22.3 Å². The van der Waals surface area contributed by atoms with E-state index in [9.17, 15) is 9.90 Å². The smallest absolute Gasteiger partial charge is 0.171 e. The maximum atomic E-state index is 11.2. The summed E-state index contributed by atoms with van der Waals surface area (Å²) in [5, 5.41) is 9.39. The SMILES string of the molecule is O=C1[C]CCc2c(O)cccc21. The molecule has 2 heteroatoms. The van der Waals surface area contributed by atoms with Crippen LogP contribution in [-0.4, -0.2) is 10.9 Å². The molecule has 2 radical (unpaired) electrons. The van der Waals surface area contributed by atoms with Gasteiger partial charge in [0, 0.05) is 11.1 Å². The highest BCUT2D eigenvalue weighted by Gasteiger charge is 2.19. The fourth-order valence-electron chi connectivity index (χ4n) is 1.45. The molecule has 2 rings (SSSR count). The molecule has 0 saturated heterocycles. The molecule has 1 N–H and O–H groups in total. The van der Waals surface area contributed by atoms with Crippen LogP contribution in [0.5, 0.6) is 5.75 Å². The fourth-order valence-corrected chi connectivity index (χ4v) is 1.45.